The molecule has 3 aromatic rings. The molecule has 0 spiro atoms. The van der Waals surface area contributed by atoms with Crippen LogP contribution >= 0.6 is 0 Å². The molecule has 0 fully saturated rings. The first-order chi connectivity index (χ1) is 16.1. The van der Waals surface area contributed by atoms with Crippen LogP contribution in [0.15, 0.2) is 77.7 Å². The number of nitrogens with zero attached hydrogens (tertiary/aromatic N) is 1. The number of fused-ring (bicyclic) bond motifs is 1. The number of hydrogen-bond acceptors (Lipinski definition) is 5. The lowest BCUT2D eigenvalue weighted by molar-refractivity contribution is -0.122. The summed E-state index contributed by atoms with van der Waals surface area (Å²) in [5.41, 5.74) is 1.74. The fraction of sp³-hybridized carbons (Fsp3) is 0.269. The second-order valence-corrected chi connectivity index (χ2v) is 11.0. The van der Waals surface area contributed by atoms with Crippen molar-refractivity contribution in [2.45, 2.75) is 37.2 Å². The van der Waals surface area contributed by atoms with E-state index in [0.29, 0.717) is 22.9 Å². The predicted molar refractivity (Wildman–Crippen MR) is 132 cm³/mol. The van der Waals surface area contributed by atoms with E-state index in [9.17, 15) is 13.2 Å². The molecule has 1 unspecified atom stereocenters. The van der Waals surface area contributed by atoms with Crippen molar-refractivity contribution in [1.29, 1.82) is 0 Å². The summed E-state index contributed by atoms with van der Waals surface area (Å²) in [7, 11) is -2.37. The SMILES string of the molecule is COc1ccc(NC(=O)C2CN(S(=O)(=O)c3ccccc3)c3cc(C(C)(C)C)ccc3O2)cc1. The number of amides is 1. The van der Waals surface area contributed by atoms with Crippen molar-refractivity contribution in [3.63, 3.8) is 0 Å². The van der Waals surface area contributed by atoms with E-state index in [1.807, 2.05) is 12.1 Å². The molecule has 0 bridgehead atoms. The van der Waals surface area contributed by atoms with Crippen LogP contribution in [0.3, 0.4) is 0 Å². The van der Waals surface area contributed by atoms with Crippen molar-refractivity contribution in [3.05, 3.63) is 78.4 Å². The molecule has 1 amide bonds. The highest BCUT2D eigenvalue weighted by molar-refractivity contribution is 7.92. The van der Waals surface area contributed by atoms with Crippen molar-refractivity contribution in [3.8, 4) is 11.5 Å². The van der Waals surface area contributed by atoms with Crippen LogP contribution in [0.4, 0.5) is 11.4 Å². The van der Waals surface area contributed by atoms with Crippen LogP contribution in [-0.2, 0) is 20.2 Å². The molecule has 1 atom stereocenters. The number of sulfonamides is 1. The molecule has 1 heterocycles. The fourth-order valence-electron chi connectivity index (χ4n) is 3.70. The molecule has 1 aliphatic rings. The number of carbonyl (C=O) groups excluding carboxylic acids is 1. The zero-order valence-corrected chi connectivity index (χ0v) is 20.4. The first kappa shape index (κ1) is 23.6. The van der Waals surface area contributed by atoms with Crippen molar-refractivity contribution >= 4 is 27.3 Å². The van der Waals surface area contributed by atoms with Crippen LogP contribution in [0.25, 0.3) is 0 Å². The van der Waals surface area contributed by atoms with Gasteiger partial charge in [0.05, 0.1) is 24.2 Å². The lowest BCUT2D eigenvalue weighted by Crippen LogP contribution is -2.49. The maximum absolute atomic E-state index is 13.6. The Morgan fingerprint density at radius 3 is 2.32 bits per heavy atom. The molecule has 34 heavy (non-hydrogen) atoms. The third-order valence-electron chi connectivity index (χ3n) is 5.68. The standard InChI is InChI=1S/C26H28N2O5S/c1-26(2,3)18-10-15-23-22(16-18)28(34(30,31)21-8-6-5-7-9-21)17-24(33-23)25(29)27-19-11-13-20(32-4)14-12-19/h5-16,24H,17H2,1-4H3,(H,27,29). The second-order valence-electron chi connectivity index (χ2n) is 9.11. The monoisotopic (exact) mass is 480 g/mol. The number of nitrogens with one attached hydrogen (secondary N) is 1. The number of methoxy groups -OCH3 is 1. The van der Waals surface area contributed by atoms with E-state index in [2.05, 4.69) is 26.1 Å². The minimum atomic E-state index is -3.93. The Hall–Kier alpha value is -3.52. The Morgan fingerprint density at radius 2 is 1.71 bits per heavy atom. The van der Waals surface area contributed by atoms with Gasteiger partial charge in [0, 0.05) is 5.69 Å². The molecular formula is C26H28N2O5S. The normalized spacial score (nSPS) is 15.8. The average Bonchev–Trinajstić information content (AvgIpc) is 2.83. The fourth-order valence-corrected chi connectivity index (χ4v) is 5.19. The summed E-state index contributed by atoms with van der Waals surface area (Å²) < 4.78 is 39.7. The van der Waals surface area contributed by atoms with Gasteiger partial charge in [0.25, 0.3) is 15.9 Å². The van der Waals surface area contributed by atoms with Gasteiger partial charge in [-0.15, -0.1) is 0 Å². The zero-order valence-electron chi connectivity index (χ0n) is 19.6. The van der Waals surface area contributed by atoms with Crippen LogP contribution < -0.4 is 19.1 Å². The van der Waals surface area contributed by atoms with Gasteiger partial charge in [-0.3, -0.25) is 9.10 Å². The molecule has 0 radical (unpaired) electrons. The van der Waals surface area contributed by atoms with Gasteiger partial charge < -0.3 is 14.8 Å². The zero-order chi connectivity index (χ0) is 24.5. The van der Waals surface area contributed by atoms with E-state index in [-0.39, 0.29) is 16.9 Å². The van der Waals surface area contributed by atoms with E-state index < -0.39 is 22.0 Å². The van der Waals surface area contributed by atoms with Crippen LogP contribution in [0.1, 0.15) is 26.3 Å². The Balaban J connectivity index is 1.71. The molecule has 3 aromatic carbocycles. The number of ether oxygens (including phenoxy) is 2. The molecule has 1 aliphatic heterocycles. The molecule has 178 valence electrons. The van der Waals surface area contributed by atoms with Gasteiger partial charge in [0.2, 0.25) is 0 Å². The Labute approximate surface area is 200 Å². The number of carbonyl (C=O) groups is 1. The third kappa shape index (κ3) is 4.72. The first-order valence-corrected chi connectivity index (χ1v) is 12.4. The largest absolute Gasteiger partial charge is 0.497 e. The van der Waals surface area contributed by atoms with Gasteiger partial charge in [-0.1, -0.05) is 45.0 Å². The molecule has 8 heteroatoms. The number of hydrogen-bond donors (Lipinski definition) is 1. The Kier molecular flexibility index (Phi) is 6.27. The number of rotatable bonds is 5. The topological polar surface area (TPSA) is 84.9 Å². The van der Waals surface area contributed by atoms with Crippen molar-refractivity contribution in [1.82, 2.24) is 0 Å². The molecule has 0 saturated heterocycles. The Bertz CT molecular complexity index is 1280. The first-order valence-electron chi connectivity index (χ1n) is 10.9. The van der Waals surface area contributed by atoms with Gasteiger partial charge in [0.15, 0.2) is 6.10 Å². The van der Waals surface area contributed by atoms with Crippen LogP contribution in [0.5, 0.6) is 11.5 Å². The summed E-state index contributed by atoms with van der Waals surface area (Å²) in [6, 6.07) is 20.5. The van der Waals surface area contributed by atoms with Crippen molar-refractivity contribution in [2.24, 2.45) is 0 Å². The molecular weight excluding hydrogens is 452 g/mol. The molecule has 7 nitrogen and oxygen atoms in total. The number of anilines is 2. The highest BCUT2D eigenvalue weighted by atomic mass is 32.2. The minimum absolute atomic E-state index is 0.151. The van der Waals surface area contributed by atoms with Crippen LogP contribution in [0.2, 0.25) is 0 Å². The molecule has 4 rings (SSSR count). The summed E-state index contributed by atoms with van der Waals surface area (Å²) >= 11 is 0. The predicted octanol–water partition coefficient (Wildman–Crippen LogP) is 4.59. The summed E-state index contributed by atoms with van der Waals surface area (Å²) in [6.45, 7) is 6.01. The quantitative estimate of drug-likeness (QED) is 0.578. The van der Waals surface area contributed by atoms with E-state index >= 15 is 0 Å². The molecule has 1 N–H and O–H groups in total. The van der Waals surface area contributed by atoms with Gasteiger partial charge >= 0.3 is 0 Å². The second kappa shape index (κ2) is 9.02. The molecule has 0 aromatic heterocycles. The van der Waals surface area contributed by atoms with Gasteiger partial charge in [-0.05, 0) is 59.5 Å². The summed E-state index contributed by atoms with van der Waals surface area (Å²) in [5, 5.41) is 2.80. The minimum Gasteiger partial charge on any atom is -0.497 e. The van der Waals surface area contributed by atoms with Gasteiger partial charge in [-0.2, -0.15) is 0 Å². The Morgan fingerprint density at radius 1 is 1.03 bits per heavy atom. The van der Waals surface area contributed by atoms with Crippen molar-refractivity contribution < 1.29 is 22.7 Å². The van der Waals surface area contributed by atoms with E-state index in [4.69, 9.17) is 9.47 Å². The highest BCUT2D eigenvalue weighted by Gasteiger charge is 2.38. The summed E-state index contributed by atoms with van der Waals surface area (Å²) in [5.74, 6) is 0.563. The smallest absolute Gasteiger partial charge is 0.267 e. The summed E-state index contributed by atoms with van der Waals surface area (Å²) in [6.07, 6.45) is -1.03. The maximum atomic E-state index is 13.6. The number of benzene rings is 3. The van der Waals surface area contributed by atoms with Crippen LogP contribution in [0, 0.1) is 0 Å². The van der Waals surface area contributed by atoms with Gasteiger partial charge in [0.1, 0.15) is 11.5 Å². The molecule has 0 saturated carbocycles. The average molecular weight is 481 g/mol. The third-order valence-corrected chi connectivity index (χ3v) is 7.47. The van der Waals surface area contributed by atoms with Gasteiger partial charge in [-0.25, -0.2) is 8.42 Å². The van der Waals surface area contributed by atoms with Crippen molar-refractivity contribution in [2.75, 3.05) is 23.3 Å². The summed E-state index contributed by atoms with van der Waals surface area (Å²) in [4.78, 5) is 13.2. The van der Waals surface area contributed by atoms with E-state index in [1.54, 1.807) is 67.8 Å². The van der Waals surface area contributed by atoms with Crippen LogP contribution in [-0.4, -0.2) is 34.1 Å². The van der Waals surface area contributed by atoms with E-state index in [1.165, 1.54) is 4.31 Å². The lowest BCUT2D eigenvalue weighted by Gasteiger charge is -2.36. The lowest BCUT2D eigenvalue weighted by atomic mass is 9.86. The maximum Gasteiger partial charge on any atom is 0.267 e. The highest BCUT2D eigenvalue weighted by Crippen LogP contribution is 2.40. The van der Waals surface area contributed by atoms with E-state index in [0.717, 1.165) is 5.56 Å². The molecule has 0 aliphatic carbocycles.